The van der Waals surface area contributed by atoms with Crippen LogP contribution in [0.1, 0.15) is 11.6 Å². The first-order valence-electron chi connectivity index (χ1n) is 12.4. The quantitative estimate of drug-likeness (QED) is 0.149. The van der Waals surface area contributed by atoms with Crippen molar-refractivity contribution in [2.45, 2.75) is 96.6 Å². The lowest BCUT2D eigenvalue weighted by molar-refractivity contribution is -0.453. The Hall–Kier alpha value is -3.04. The summed E-state index contributed by atoms with van der Waals surface area (Å²) in [6.45, 7) is -10.7. The molecule has 326 valence electrons. The smallest absolute Gasteiger partial charge is 0.367 e. The van der Waals surface area contributed by atoms with E-state index in [9.17, 15) is 132 Å². The van der Waals surface area contributed by atoms with Crippen LogP contribution in [0.5, 0.6) is 0 Å². The summed E-state index contributed by atoms with van der Waals surface area (Å²) in [7, 11) is 0. The molecular formula is C20H9F30N3O2. The number of alkyl halides is 30. The zero-order valence-electron chi connectivity index (χ0n) is 24.4. The summed E-state index contributed by atoms with van der Waals surface area (Å²) in [5, 5.41) is 4.09. The Bertz CT molecular complexity index is 1370. The number of nitrogens with one attached hydrogen (secondary N) is 1. The molecule has 1 N–H and O–H groups in total. The molecule has 0 atom stereocenters. The zero-order valence-corrected chi connectivity index (χ0v) is 24.4. The molecule has 0 saturated heterocycles. The van der Waals surface area contributed by atoms with Crippen LogP contribution in [0, 0.1) is 0 Å². The van der Waals surface area contributed by atoms with Gasteiger partial charge >= 0.3 is 83.4 Å². The van der Waals surface area contributed by atoms with Gasteiger partial charge in [-0.25, -0.2) is 4.98 Å². The fraction of sp³-hybridized carbons (Fsp3) is 0.900. The summed E-state index contributed by atoms with van der Waals surface area (Å²) in [4.78, 5) is 2.82. The van der Waals surface area contributed by atoms with Gasteiger partial charge in [0.15, 0.2) is 11.6 Å². The standard InChI is InChI=1S/C20H9F30N3O2/c21-7(22,9(25,26)11(29,30)13(33,34)15(37,38)17(41,42)19(45,46)47)3-54-1-5-51-6(53-52-5)2-55-4-8(23,24)10(27,28)12(31,32)14(35,36)16(39,40)18(43,44)20(48,49)50/h1-4H2,(H,51,52,53). The van der Waals surface area contributed by atoms with E-state index in [1.807, 2.05) is 0 Å². The molecule has 0 fully saturated rings. The van der Waals surface area contributed by atoms with Gasteiger partial charge in [-0.3, -0.25) is 5.10 Å². The van der Waals surface area contributed by atoms with Crippen molar-refractivity contribution in [2.24, 2.45) is 0 Å². The third-order valence-corrected chi connectivity index (χ3v) is 6.40. The molecule has 0 spiro atoms. The summed E-state index contributed by atoms with van der Waals surface area (Å²) in [6.07, 6.45) is -15.7. The van der Waals surface area contributed by atoms with Gasteiger partial charge in [0.2, 0.25) is 0 Å². The average Bonchev–Trinajstić information content (AvgIpc) is 3.41. The van der Waals surface area contributed by atoms with Crippen molar-refractivity contribution < 1.29 is 141 Å². The number of hydrogen-bond acceptors (Lipinski definition) is 4. The van der Waals surface area contributed by atoms with Gasteiger partial charge < -0.3 is 9.47 Å². The van der Waals surface area contributed by atoms with Crippen LogP contribution in [0.25, 0.3) is 0 Å². The van der Waals surface area contributed by atoms with Crippen LogP contribution in [-0.2, 0) is 22.7 Å². The molecule has 0 bridgehead atoms. The van der Waals surface area contributed by atoms with Crippen molar-refractivity contribution in [3.05, 3.63) is 11.6 Å². The van der Waals surface area contributed by atoms with Crippen molar-refractivity contribution in [1.82, 2.24) is 15.2 Å². The van der Waals surface area contributed by atoms with Crippen molar-refractivity contribution >= 4 is 0 Å². The highest BCUT2D eigenvalue weighted by Gasteiger charge is 2.94. The number of hydrogen-bond donors (Lipinski definition) is 1. The lowest BCUT2D eigenvalue weighted by atomic mass is 9.91. The summed E-state index contributed by atoms with van der Waals surface area (Å²) in [5.74, 6) is -101. The highest BCUT2D eigenvalue weighted by atomic mass is 19.4. The summed E-state index contributed by atoms with van der Waals surface area (Å²) in [6, 6.07) is 0. The molecule has 0 saturated carbocycles. The van der Waals surface area contributed by atoms with Gasteiger partial charge in [-0.05, 0) is 0 Å². The van der Waals surface area contributed by atoms with Gasteiger partial charge in [-0.1, -0.05) is 0 Å². The number of ether oxygens (including phenoxy) is 2. The maximum absolute atomic E-state index is 13.8. The molecular weight excluding hydrogens is 884 g/mol. The van der Waals surface area contributed by atoms with Crippen molar-refractivity contribution in [3.8, 4) is 0 Å². The van der Waals surface area contributed by atoms with Crippen molar-refractivity contribution in [2.75, 3.05) is 13.2 Å². The molecule has 0 aliphatic rings. The Morgan fingerprint density at radius 3 is 0.891 bits per heavy atom. The number of aromatic amines is 1. The van der Waals surface area contributed by atoms with Gasteiger partial charge in [-0.15, -0.1) is 0 Å². The molecule has 5 nitrogen and oxygen atoms in total. The molecule has 0 amide bonds. The maximum Gasteiger partial charge on any atom is 0.460 e. The lowest BCUT2D eigenvalue weighted by Crippen LogP contribution is -2.73. The van der Waals surface area contributed by atoms with E-state index in [-0.39, 0.29) is 0 Å². The van der Waals surface area contributed by atoms with E-state index in [2.05, 4.69) is 19.6 Å². The van der Waals surface area contributed by atoms with E-state index in [1.165, 1.54) is 5.10 Å². The van der Waals surface area contributed by atoms with Crippen LogP contribution in [0.3, 0.4) is 0 Å². The third kappa shape index (κ3) is 7.46. The first kappa shape index (κ1) is 50.0. The maximum atomic E-state index is 13.8. The van der Waals surface area contributed by atoms with Crippen LogP contribution < -0.4 is 0 Å². The molecule has 0 aliphatic carbocycles. The van der Waals surface area contributed by atoms with E-state index in [1.54, 1.807) is 0 Å². The fourth-order valence-electron chi connectivity index (χ4n) is 3.19. The first-order chi connectivity index (χ1) is 23.7. The Morgan fingerprint density at radius 1 is 0.345 bits per heavy atom. The fourth-order valence-corrected chi connectivity index (χ4v) is 3.19. The first-order valence-corrected chi connectivity index (χ1v) is 12.4. The lowest BCUT2D eigenvalue weighted by Gasteiger charge is -2.41. The molecule has 0 aromatic carbocycles. The molecule has 0 unspecified atom stereocenters. The molecule has 55 heavy (non-hydrogen) atoms. The highest BCUT2D eigenvalue weighted by Crippen LogP contribution is 2.64. The Labute approximate surface area is 279 Å². The molecule has 1 rings (SSSR count). The predicted octanol–water partition coefficient (Wildman–Crippen LogP) is 9.59. The molecule has 1 aromatic heterocycles. The Morgan fingerprint density at radius 2 is 0.600 bits per heavy atom. The van der Waals surface area contributed by atoms with Gasteiger partial charge in [0.25, 0.3) is 0 Å². The molecule has 0 radical (unpaired) electrons. The van der Waals surface area contributed by atoms with E-state index in [0.29, 0.717) is 0 Å². The second-order valence-electron chi connectivity index (χ2n) is 10.3. The number of halogens is 30. The van der Waals surface area contributed by atoms with E-state index in [0.717, 1.165) is 0 Å². The van der Waals surface area contributed by atoms with Crippen LogP contribution in [0.4, 0.5) is 132 Å². The highest BCUT2D eigenvalue weighted by molar-refractivity contribution is 5.14. The number of rotatable bonds is 18. The summed E-state index contributed by atoms with van der Waals surface area (Å²) >= 11 is 0. The third-order valence-electron chi connectivity index (χ3n) is 6.40. The van der Waals surface area contributed by atoms with Crippen molar-refractivity contribution in [1.29, 1.82) is 0 Å². The predicted molar refractivity (Wildman–Crippen MR) is 107 cm³/mol. The number of aromatic nitrogens is 3. The minimum absolute atomic E-state index is 1.32. The number of nitrogens with zero attached hydrogens (tertiary/aromatic N) is 2. The second-order valence-corrected chi connectivity index (χ2v) is 10.3. The summed E-state index contributed by atoms with van der Waals surface area (Å²) < 4.78 is 402. The minimum atomic E-state index is -8.64. The molecule has 0 aliphatic heterocycles. The van der Waals surface area contributed by atoms with Crippen LogP contribution in [0.2, 0.25) is 0 Å². The normalized spacial score (nSPS) is 16.3. The van der Waals surface area contributed by atoms with Crippen LogP contribution in [0.15, 0.2) is 0 Å². The Kier molecular flexibility index (Phi) is 12.6. The Balaban J connectivity index is 3.10. The van der Waals surface area contributed by atoms with Gasteiger partial charge in [0.05, 0.1) is 0 Å². The average molecular weight is 893 g/mol. The zero-order chi connectivity index (χ0) is 44.5. The van der Waals surface area contributed by atoms with Gasteiger partial charge in [-0.2, -0.15) is 137 Å². The topological polar surface area (TPSA) is 60.0 Å². The molecule has 35 heteroatoms. The van der Waals surface area contributed by atoms with Crippen LogP contribution >= 0.6 is 0 Å². The largest absolute Gasteiger partial charge is 0.460 e. The monoisotopic (exact) mass is 893 g/mol. The van der Waals surface area contributed by atoms with Crippen LogP contribution in [-0.4, -0.2) is 112 Å². The van der Waals surface area contributed by atoms with E-state index >= 15 is 0 Å². The van der Waals surface area contributed by atoms with Crippen molar-refractivity contribution in [3.63, 3.8) is 0 Å². The number of H-pyrrole nitrogens is 1. The summed E-state index contributed by atoms with van der Waals surface area (Å²) in [5.41, 5.74) is 0. The SMILES string of the molecule is FC(F)(F)C(F)(F)C(F)(F)C(F)(F)C(F)(F)C(F)(F)C(F)(F)COCc1n[nH]c(COCC(F)(F)C(F)(F)C(F)(F)C(F)(F)C(F)(F)C(F)(F)C(F)(F)F)n1. The van der Waals surface area contributed by atoms with Gasteiger partial charge in [0, 0.05) is 0 Å². The van der Waals surface area contributed by atoms with E-state index in [4.69, 9.17) is 0 Å². The molecule has 1 aromatic rings. The second kappa shape index (κ2) is 13.8. The van der Waals surface area contributed by atoms with Gasteiger partial charge in [0.1, 0.15) is 26.4 Å². The molecule has 1 heterocycles. The van der Waals surface area contributed by atoms with E-state index < -0.39 is 121 Å². The minimum Gasteiger partial charge on any atom is -0.367 e.